The summed E-state index contributed by atoms with van der Waals surface area (Å²) in [6.07, 6.45) is 1.78. The van der Waals surface area contributed by atoms with Crippen molar-refractivity contribution in [3.05, 3.63) is 29.1 Å². The number of amides is 2. The molecule has 4 N–H and O–H groups in total. The lowest BCUT2D eigenvalue weighted by Gasteiger charge is -2.27. The molecule has 0 aliphatic carbocycles. The minimum Gasteiger partial charge on any atom is -0.366 e. The zero-order chi connectivity index (χ0) is 15.6. The second kappa shape index (κ2) is 6.22. The van der Waals surface area contributed by atoms with Gasteiger partial charge in [0.15, 0.2) is 0 Å². The molecule has 1 saturated heterocycles. The van der Waals surface area contributed by atoms with Gasteiger partial charge >= 0.3 is 0 Å². The quantitative estimate of drug-likeness (QED) is 0.790. The minimum atomic E-state index is -0.728. The van der Waals surface area contributed by atoms with Crippen LogP contribution in [0.1, 0.15) is 35.7 Å². The Labute approximate surface area is 123 Å². The van der Waals surface area contributed by atoms with Crippen LogP contribution in [0, 0.1) is 18.7 Å². The Morgan fingerprint density at radius 1 is 1.43 bits per heavy atom. The van der Waals surface area contributed by atoms with E-state index in [-0.39, 0.29) is 28.8 Å². The van der Waals surface area contributed by atoms with E-state index in [1.54, 1.807) is 6.92 Å². The maximum atomic E-state index is 13.8. The van der Waals surface area contributed by atoms with Crippen LogP contribution in [0.15, 0.2) is 12.1 Å². The summed E-state index contributed by atoms with van der Waals surface area (Å²) in [7, 11) is 0. The Morgan fingerprint density at radius 2 is 2.14 bits per heavy atom. The van der Waals surface area contributed by atoms with Crippen molar-refractivity contribution < 1.29 is 14.0 Å². The van der Waals surface area contributed by atoms with Crippen LogP contribution >= 0.6 is 0 Å². The van der Waals surface area contributed by atoms with Gasteiger partial charge in [-0.05, 0) is 44.4 Å². The number of carbonyl (C=O) groups excluding carboxylic acids is 2. The predicted octanol–water partition coefficient (Wildman–Crippen LogP) is 1.56. The number of hydrogen-bond acceptors (Lipinski definition) is 3. The fourth-order valence-electron chi connectivity index (χ4n) is 2.48. The zero-order valence-corrected chi connectivity index (χ0v) is 12.2. The number of piperidine rings is 1. The standard InChI is InChI=1S/C15H20FN3O2/c1-8-3-4-18-13(5-8)15(21)19-12-7-10(14(17)20)6-11(16)9(12)2/h6-8,13,18H,3-5H2,1-2H3,(H2,17,20)(H,19,21). The number of nitrogens with one attached hydrogen (secondary N) is 2. The number of nitrogens with two attached hydrogens (primary N) is 1. The van der Waals surface area contributed by atoms with Crippen LogP contribution in [-0.2, 0) is 4.79 Å². The van der Waals surface area contributed by atoms with Crippen LogP contribution in [-0.4, -0.2) is 24.4 Å². The molecule has 5 nitrogen and oxygen atoms in total. The maximum absolute atomic E-state index is 13.8. The van der Waals surface area contributed by atoms with Gasteiger partial charge in [0, 0.05) is 16.8 Å². The highest BCUT2D eigenvalue weighted by atomic mass is 19.1. The molecule has 114 valence electrons. The van der Waals surface area contributed by atoms with E-state index in [0.717, 1.165) is 25.5 Å². The van der Waals surface area contributed by atoms with Crippen molar-refractivity contribution in [2.45, 2.75) is 32.7 Å². The van der Waals surface area contributed by atoms with Gasteiger partial charge in [0.05, 0.1) is 6.04 Å². The number of halogens is 1. The smallest absolute Gasteiger partial charge is 0.248 e. The number of primary amides is 1. The Bertz CT molecular complexity index is 574. The molecule has 0 bridgehead atoms. The van der Waals surface area contributed by atoms with Crippen LogP contribution in [0.3, 0.4) is 0 Å². The SMILES string of the molecule is Cc1c(F)cc(C(N)=O)cc1NC(=O)C1CC(C)CCN1. The molecule has 1 aliphatic heterocycles. The Balaban J connectivity index is 2.18. The number of hydrogen-bond donors (Lipinski definition) is 3. The van der Waals surface area contributed by atoms with Crippen LogP contribution in [0.2, 0.25) is 0 Å². The average Bonchev–Trinajstić information content (AvgIpc) is 2.43. The first-order valence-electron chi connectivity index (χ1n) is 7.02. The first-order valence-corrected chi connectivity index (χ1v) is 7.02. The summed E-state index contributed by atoms with van der Waals surface area (Å²) in [5, 5.41) is 5.83. The van der Waals surface area contributed by atoms with Crippen molar-refractivity contribution in [3.63, 3.8) is 0 Å². The van der Waals surface area contributed by atoms with Gasteiger partial charge in [-0.2, -0.15) is 0 Å². The van der Waals surface area contributed by atoms with E-state index >= 15 is 0 Å². The fourth-order valence-corrected chi connectivity index (χ4v) is 2.48. The second-order valence-electron chi connectivity index (χ2n) is 5.62. The highest BCUT2D eigenvalue weighted by Gasteiger charge is 2.25. The van der Waals surface area contributed by atoms with E-state index in [4.69, 9.17) is 5.73 Å². The molecule has 1 heterocycles. The third-order valence-corrected chi connectivity index (χ3v) is 3.87. The van der Waals surface area contributed by atoms with Gasteiger partial charge in [0.2, 0.25) is 11.8 Å². The van der Waals surface area contributed by atoms with Crippen LogP contribution in [0.4, 0.5) is 10.1 Å². The van der Waals surface area contributed by atoms with Gasteiger partial charge in [-0.15, -0.1) is 0 Å². The average molecular weight is 293 g/mol. The number of rotatable bonds is 3. The highest BCUT2D eigenvalue weighted by Crippen LogP contribution is 2.22. The molecule has 6 heteroatoms. The molecule has 0 aromatic heterocycles. The molecule has 0 spiro atoms. The molecule has 21 heavy (non-hydrogen) atoms. The summed E-state index contributed by atoms with van der Waals surface area (Å²) in [5.41, 5.74) is 5.78. The van der Waals surface area contributed by atoms with E-state index in [0.29, 0.717) is 5.92 Å². The van der Waals surface area contributed by atoms with Gasteiger partial charge in [-0.25, -0.2) is 4.39 Å². The molecule has 1 fully saturated rings. The molecule has 1 aromatic carbocycles. The van der Waals surface area contributed by atoms with E-state index in [1.165, 1.54) is 6.07 Å². The molecule has 0 saturated carbocycles. The lowest BCUT2D eigenvalue weighted by atomic mass is 9.94. The summed E-state index contributed by atoms with van der Waals surface area (Å²) in [4.78, 5) is 23.4. The maximum Gasteiger partial charge on any atom is 0.248 e. The lowest BCUT2D eigenvalue weighted by Crippen LogP contribution is -2.45. The van der Waals surface area contributed by atoms with Crippen LogP contribution < -0.4 is 16.4 Å². The minimum absolute atomic E-state index is 0.0402. The number of anilines is 1. The fraction of sp³-hybridized carbons (Fsp3) is 0.467. The Kier molecular flexibility index (Phi) is 4.57. The Hall–Kier alpha value is -1.95. The van der Waals surface area contributed by atoms with Gasteiger partial charge in [0.25, 0.3) is 0 Å². The normalized spacial score (nSPS) is 21.9. The second-order valence-corrected chi connectivity index (χ2v) is 5.62. The van der Waals surface area contributed by atoms with E-state index in [1.807, 2.05) is 0 Å². The molecular weight excluding hydrogens is 273 g/mol. The van der Waals surface area contributed by atoms with Crippen molar-refractivity contribution in [1.82, 2.24) is 5.32 Å². The van der Waals surface area contributed by atoms with Crippen molar-refractivity contribution in [2.75, 3.05) is 11.9 Å². The molecule has 2 rings (SSSR count). The van der Waals surface area contributed by atoms with Crippen molar-refractivity contribution in [2.24, 2.45) is 11.7 Å². The highest BCUT2D eigenvalue weighted by molar-refractivity contribution is 5.98. The number of benzene rings is 1. The molecule has 1 aliphatic rings. The summed E-state index contributed by atoms with van der Waals surface area (Å²) in [5.74, 6) is -1.04. The molecule has 2 amide bonds. The molecule has 0 radical (unpaired) electrons. The first-order chi connectivity index (χ1) is 9.88. The predicted molar refractivity (Wildman–Crippen MR) is 78.5 cm³/mol. The molecule has 1 aromatic rings. The van der Waals surface area contributed by atoms with E-state index < -0.39 is 11.7 Å². The molecule has 2 atom stereocenters. The van der Waals surface area contributed by atoms with Crippen LogP contribution in [0.5, 0.6) is 0 Å². The van der Waals surface area contributed by atoms with Gasteiger partial charge in [-0.3, -0.25) is 9.59 Å². The van der Waals surface area contributed by atoms with E-state index in [2.05, 4.69) is 17.6 Å². The monoisotopic (exact) mass is 293 g/mol. The number of carbonyl (C=O) groups is 2. The largest absolute Gasteiger partial charge is 0.366 e. The molecule has 2 unspecified atom stereocenters. The van der Waals surface area contributed by atoms with Crippen molar-refractivity contribution in [1.29, 1.82) is 0 Å². The summed E-state index contributed by atoms with van der Waals surface area (Å²) in [6, 6.07) is 2.19. The topological polar surface area (TPSA) is 84.2 Å². The van der Waals surface area contributed by atoms with E-state index in [9.17, 15) is 14.0 Å². The third-order valence-electron chi connectivity index (χ3n) is 3.87. The van der Waals surface area contributed by atoms with Gasteiger partial charge < -0.3 is 16.4 Å². The van der Waals surface area contributed by atoms with Gasteiger partial charge in [0.1, 0.15) is 5.82 Å². The molecular formula is C15H20FN3O2. The summed E-state index contributed by atoms with van der Waals surface area (Å²) in [6.45, 7) is 4.43. The van der Waals surface area contributed by atoms with Crippen LogP contribution in [0.25, 0.3) is 0 Å². The van der Waals surface area contributed by atoms with Gasteiger partial charge in [-0.1, -0.05) is 6.92 Å². The Morgan fingerprint density at radius 3 is 2.76 bits per heavy atom. The summed E-state index contributed by atoms with van der Waals surface area (Å²) >= 11 is 0. The third kappa shape index (κ3) is 3.58. The lowest BCUT2D eigenvalue weighted by molar-refractivity contribution is -0.119. The first kappa shape index (κ1) is 15.4. The zero-order valence-electron chi connectivity index (χ0n) is 12.2. The van der Waals surface area contributed by atoms with Crippen molar-refractivity contribution in [3.8, 4) is 0 Å². The van der Waals surface area contributed by atoms with Crippen molar-refractivity contribution >= 4 is 17.5 Å². The summed E-state index contributed by atoms with van der Waals surface area (Å²) < 4.78 is 13.8.